The lowest BCUT2D eigenvalue weighted by Crippen LogP contribution is -2.43. The van der Waals surface area contributed by atoms with E-state index in [1.54, 1.807) is 6.20 Å². The first kappa shape index (κ1) is 17.9. The number of carbonyl (C=O) groups excluding carboxylic acids is 1. The molecule has 0 atom stereocenters. The van der Waals surface area contributed by atoms with Crippen molar-refractivity contribution in [1.82, 2.24) is 25.2 Å². The van der Waals surface area contributed by atoms with E-state index in [1.807, 2.05) is 29.3 Å². The fraction of sp³-hybridized carbons (Fsp3) is 0.500. The van der Waals surface area contributed by atoms with Gasteiger partial charge >= 0.3 is 6.03 Å². The minimum atomic E-state index is -0.0732. The Bertz CT molecular complexity index is 777. The van der Waals surface area contributed by atoms with Crippen LogP contribution in [0.25, 0.3) is 0 Å². The zero-order chi connectivity index (χ0) is 18.5. The highest BCUT2D eigenvalue weighted by atomic mass is 16.5. The van der Waals surface area contributed by atoms with Gasteiger partial charge in [0.15, 0.2) is 0 Å². The zero-order valence-corrected chi connectivity index (χ0v) is 15.4. The molecule has 4 rings (SSSR count). The molecule has 0 saturated carbocycles. The van der Waals surface area contributed by atoms with E-state index in [-0.39, 0.29) is 6.03 Å². The van der Waals surface area contributed by atoms with Crippen LogP contribution in [0.1, 0.15) is 35.6 Å². The molecule has 0 bridgehead atoms. The molecule has 7 heteroatoms. The van der Waals surface area contributed by atoms with Gasteiger partial charge in [0.2, 0.25) is 0 Å². The van der Waals surface area contributed by atoms with Crippen LogP contribution in [-0.4, -0.2) is 45.6 Å². The predicted molar refractivity (Wildman–Crippen MR) is 99.9 cm³/mol. The van der Waals surface area contributed by atoms with Crippen LogP contribution < -0.4 is 5.32 Å². The molecule has 0 aromatic carbocycles. The van der Waals surface area contributed by atoms with Crippen LogP contribution in [0.2, 0.25) is 0 Å². The number of ether oxygens (including phenoxy) is 1. The number of nitrogens with zero attached hydrogens (tertiary/aromatic N) is 4. The lowest BCUT2D eigenvalue weighted by molar-refractivity contribution is 0.0659. The van der Waals surface area contributed by atoms with Crippen molar-refractivity contribution in [1.29, 1.82) is 0 Å². The summed E-state index contributed by atoms with van der Waals surface area (Å²) < 4.78 is 5.43. The SMILES string of the molecule is O=C(NCc1ccccn1)N1CCc2cnc(CC3CCOCC3)nc2C1. The van der Waals surface area contributed by atoms with E-state index in [4.69, 9.17) is 9.72 Å². The van der Waals surface area contributed by atoms with E-state index in [0.29, 0.717) is 25.6 Å². The number of hydrogen-bond acceptors (Lipinski definition) is 5. The number of urea groups is 1. The Morgan fingerprint density at radius 3 is 2.96 bits per heavy atom. The highest BCUT2D eigenvalue weighted by molar-refractivity contribution is 5.74. The Hall–Kier alpha value is -2.54. The van der Waals surface area contributed by atoms with Gasteiger partial charge in [-0.1, -0.05) is 6.07 Å². The standard InChI is InChI=1S/C20H25N5O2/c26-20(23-13-17-3-1-2-7-21-17)25-8-4-16-12-22-19(24-18(16)14-25)11-15-5-9-27-10-6-15/h1-3,7,12,15H,4-6,8-11,13-14H2,(H,23,26). The smallest absolute Gasteiger partial charge is 0.318 e. The second-order valence-electron chi connectivity index (χ2n) is 7.17. The van der Waals surface area contributed by atoms with E-state index in [0.717, 1.165) is 61.7 Å². The van der Waals surface area contributed by atoms with Gasteiger partial charge in [-0.25, -0.2) is 14.8 Å². The summed E-state index contributed by atoms with van der Waals surface area (Å²) in [4.78, 5) is 27.9. The van der Waals surface area contributed by atoms with Crippen molar-refractivity contribution in [3.05, 3.63) is 53.4 Å². The molecule has 2 aromatic heterocycles. The minimum Gasteiger partial charge on any atom is -0.381 e. The molecule has 142 valence electrons. The number of nitrogens with one attached hydrogen (secondary N) is 1. The molecule has 7 nitrogen and oxygen atoms in total. The molecule has 1 N–H and O–H groups in total. The number of hydrogen-bond donors (Lipinski definition) is 1. The molecule has 0 unspecified atom stereocenters. The fourth-order valence-electron chi connectivity index (χ4n) is 3.61. The van der Waals surface area contributed by atoms with Crippen molar-refractivity contribution < 1.29 is 9.53 Å². The maximum Gasteiger partial charge on any atom is 0.318 e. The third-order valence-electron chi connectivity index (χ3n) is 5.24. The minimum absolute atomic E-state index is 0.0732. The molecule has 0 spiro atoms. The van der Waals surface area contributed by atoms with Crippen LogP contribution in [0, 0.1) is 5.92 Å². The summed E-state index contributed by atoms with van der Waals surface area (Å²) in [6, 6.07) is 5.62. The Morgan fingerprint density at radius 2 is 2.15 bits per heavy atom. The van der Waals surface area contributed by atoms with E-state index in [2.05, 4.69) is 15.3 Å². The van der Waals surface area contributed by atoms with Crippen LogP contribution in [0.4, 0.5) is 4.79 Å². The van der Waals surface area contributed by atoms with Gasteiger partial charge in [-0.2, -0.15) is 0 Å². The van der Waals surface area contributed by atoms with Gasteiger partial charge in [0.1, 0.15) is 5.82 Å². The first-order valence-electron chi connectivity index (χ1n) is 9.62. The summed E-state index contributed by atoms with van der Waals surface area (Å²) in [5, 5.41) is 2.95. The quantitative estimate of drug-likeness (QED) is 0.895. The molecular weight excluding hydrogens is 342 g/mol. The van der Waals surface area contributed by atoms with Crippen LogP contribution in [0.5, 0.6) is 0 Å². The molecule has 2 aliphatic heterocycles. The maximum absolute atomic E-state index is 12.5. The van der Waals surface area contributed by atoms with E-state index in [9.17, 15) is 4.79 Å². The molecule has 0 aliphatic carbocycles. The van der Waals surface area contributed by atoms with Gasteiger partial charge in [-0.3, -0.25) is 4.98 Å². The third-order valence-corrected chi connectivity index (χ3v) is 5.24. The Morgan fingerprint density at radius 1 is 1.26 bits per heavy atom. The fourth-order valence-corrected chi connectivity index (χ4v) is 3.61. The van der Waals surface area contributed by atoms with Gasteiger partial charge in [0.05, 0.1) is 24.5 Å². The van der Waals surface area contributed by atoms with E-state index < -0.39 is 0 Å². The largest absolute Gasteiger partial charge is 0.381 e. The predicted octanol–water partition coefficient (Wildman–Crippen LogP) is 2.11. The Balaban J connectivity index is 1.36. The van der Waals surface area contributed by atoms with Crippen molar-refractivity contribution in [3.63, 3.8) is 0 Å². The number of carbonyl (C=O) groups is 1. The molecule has 2 aliphatic rings. The number of fused-ring (bicyclic) bond motifs is 1. The lowest BCUT2D eigenvalue weighted by Gasteiger charge is -2.28. The van der Waals surface area contributed by atoms with E-state index in [1.165, 1.54) is 0 Å². The third kappa shape index (κ3) is 4.60. The van der Waals surface area contributed by atoms with Crippen LogP contribution in [0.3, 0.4) is 0 Å². The van der Waals surface area contributed by atoms with Gasteiger partial charge in [0, 0.05) is 38.6 Å². The van der Waals surface area contributed by atoms with Crippen molar-refractivity contribution in [2.45, 2.75) is 38.8 Å². The van der Waals surface area contributed by atoms with Crippen LogP contribution in [-0.2, 0) is 30.7 Å². The van der Waals surface area contributed by atoms with Crippen molar-refractivity contribution in [3.8, 4) is 0 Å². The molecule has 2 aromatic rings. The summed E-state index contributed by atoms with van der Waals surface area (Å²) >= 11 is 0. The second-order valence-corrected chi connectivity index (χ2v) is 7.17. The van der Waals surface area contributed by atoms with Crippen molar-refractivity contribution in [2.24, 2.45) is 5.92 Å². The average molecular weight is 367 g/mol. The normalized spacial score (nSPS) is 17.4. The van der Waals surface area contributed by atoms with Gasteiger partial charge in [0.25, 0.3) is 0 Å². The number of pyridine rings is 1. The summed E-state index contributed by atoms with van der Waals surface area (Å²) in [6.07, 6.45) is 7.51. The topological polar surface area (TPSA) is 80.2 Å². The van der Waals surface area contributed by atoms with Crippen LogP contribution >= 0.6 is 0 Å². The lowest BCUT2D eigenvalue weighted by atomic mass is 9.96. The molecule has 4 heterocycles. The van der Waals surface area contributed by atoms with Gasteiger partial charge in [-0.05, 0) is 42.9 Å². The second kappa shape index (κ2) is 8.43. The van der Waals surface area contributed by atoms with Crippen molar-refractivity contribution in [2.75, 3.05) is 19.8 Å². The first-order valence-corrected chi connectivity index (χ1v) is 9.62. The zero-order valence-electron chi connectivity index (χ0n) is 15.4. The average Bonchev–Trinajstić information content (AvgIpc) is 2.73. The molecular formula is C20H25N5O2. The van der Waals surface area contributed by atoms with Crippen molar-refractivity contribution >= 4 is 6.03 Å². The summed E-state index contributed by atoms with van der Waals surface area (Å²) in [6.45, 7) is 3.32. The summed E-state index contributed by atoms with van der Waals surface area (Å²) in [5.41, 5.74) is 2.98. The van der Waals surface area contributed by atoms with Gasteiger partial charge < -0.3 is 15.0 Å². The van der Waals surface area contributed by atoms with Gasteiger partial charge in [-0.15, -0.1) is 0 Å². The Labute approximate surface area is 159 Å². The first-order chi connectivity index (χ1) is 13.3. The molecule has 27 heavy (non-hydrogen) atoms. The highest BCUT2D eigenvalue weighted by Crippen LogP contribution is 2.21. The molecule has 1 fully saturated rings. The summed E-state index contributed by atoms with van der Waals surface area (Å²) in [5.74, 6) is 1.48. The number of amides is 2. The molecule has 2 amide bonds. The maximum atomic E-state index is 12.5. The summed E-state index contributed by atoms with van der Waals surface area (Å²) in [7, 11) is 0. The number of aromatic nitrogens is 3. The Kier molecular flexibility index (Phi) is 5.58. The van der Waals surface area contributed by atoms with E-state index >= 15 is 0 Å². The monoisotopic (exact) mass is 367 g/mol. The highest BCUT2D eigenvalue weighted by Gasteiger charge is 2.23. The molecule has 1 saturated heterocycles. The van der Waals surface area contributed by atoms with Crippen LogP contribution in [0.15, 0.2) is 30.6 Å². The molecule has 0 radical (unpaired) electrons. The number of rotatable bonds is 4.